The van der Waals surface area contributed by atoms with Gasteiger partial charge < -0.3 is 14.5 Å². The minimum absolute atomic E-state index is 0.186. The Morgan fingerprint density at radius 1 is 1.09 bits per heavy atom. The lowest BCUT2D eigenvalue weighted by molar-refractivity contribution is -0.137. The van der Waals surface area contributed by atoms with Crippen LogP contribution in [0, 0.1) is 17.8 Å². The summed E-state index contributed by atoms with van der Waals surface area (Å²) in [6, 6.07) is 0. The molecule has 0 unspecified atom stereocenters. The Labute approximate surface area is 136 Å². The zero-order valence-electron chi connectivity index (χ0n) is 14.7. The third-order valence-electron chi connectivity index (χ3n) is 5.57. The fourth-order valence-electron chi connectivity index (χ4n) is 3.67. The maximum absolute atomic E-state index is 12.2. The molecule has 0 atom stereocenters. The van der Waals surface area contributed by atoms with Crippen LogP contribution in [0.15, 0.2) is 0 Å². The molecule has 2 saturated heterocycles. The van der Waals surface area contributed by atoms with Crippen molar-refractivity contribution in [1.82, 2.24) is 9.80 Å². The Kier molecular flexibility index (Phi) is 7.16. The lowest BCUT2D eigenvalue weighted by atomic mass is 9.87. The number of carbonyl (C=O) groups excluding carboxylic acids is 1. The molecular weight excluding hydrogens is 276 g/mol. The van der Waals surface area contributed by atoms with E-state index >= 15 is 0 Å². The standard InChI is InChI=1S/C18H34N2O2/c1-15(2)17-6-11-20(12-7-17)18(21)14-22-13-8-16-4-9-19(3)10-5-16/h15-17H,4-14H2,1-3H3. The van der Waals surface area contributed by atoms with E-state index in [9.17, 15) is 4.79 Å². The Morgan fingerprint density at radius 2 is 1.73 bits per heavy atom. The largest absolute Gasteiger partial charge is 0.372 e. The summed E-state index contributed by atoms with van der Waals surface area (Å²) in [6.07, 6.45) is 5.96. The number of carbonyl (C=O) groups is 1. The smallest absolute Gasteiger partial charge is 0.248 e. The normalized spacial score (nSPS) is 22.5. The van der Waals surface area contributed by atoms with Crippen LogP contribution in [0.25, 0.3) is 0 Å². The van der Waals surface area contributed by atoms with E-state index < -0.39 is 0 Å². The van der Waals surface area contributed by atoms with Crippen molar-refractivity contribution < 1.29 is 9.53 Å². The highest BCUT2D eigenvalue weighted by molar-refractivity contribution is 5.77. The summed E-state index contributed by atoms with van der Waals surface area (Å²) in [5, 5.41) is 0. The number of amides is 1. The predicted molar refractivity (Wildman–Crippen MR) is 89.8 cm³/mol. The molecule has 0 saturated carbocycles. The topological polar surface area (TPSA) is 32.8 Å². The zero-order valence-corrected chi connectivity index (χ0v) is 14.7. The Balaban J connectivity index is 1.55. The van der Waals surface area contributed by atoms with E-state index in [4.69, 9.17) is 4.74 Å². The summed E-state index contributed by atoms with van der Waals surface area (Å²) in [4.78, 5) is 16.5. The van der Waals surface area contributed by atoms with Gasteiger partial charge >= 0.3 is 0 Å². The predicted octanol–water partition coefficient (Wildman–Crippen LogP) is 2.63. The minimum Gasteiger partial charge on any atom is -0.372 e. The molecule has 0 aromatic rings. The van der Waals surface area contributed by atoms with Crippen LogP contribution in [-0.4, -0.2) is 62.1 Å². The molecule has 0 aromatic carbocycles. The molecule has 0 aliphatic carbocycles. The summed E-state index contributed by atoms with van der Waals surface area (Å²) in [5.74, 6) is 2.50. The average molecular weight is 310 g/mol. The highest BCUT2D eigenvalue weighted by atomic mass is 16.5. The van der Waals surface area contributed by atoms with Crippen LogP contribution in [0.4, 0.5) is 0 Å². The van der Waals surface area contributed by atoms with Gasteiger partial charge in [0.1, 0.15) is 6.61 Å². The number of ether oxygens (including phenoxy) is 1. The van der Waals surface area contributed by atoms with Crippen LogP contribution < -0.4 is 0 Å². The van der Waals surface area contributed by atoms with Crippen molar-refractivity contribution in [2.45, 2.75) is 46.0 Å². The summed E-state index contributed by atoms with van der Waals surface area (Å²) in [5.41, 5.74) is 0. The van der Waals surface area contributed by atoms with E-state index in [0.717, 1.165) is 56.7 Å². The van der Waals surface area contributed by atoms with Gasteiger partial charge in [0.15, 0.2) is 0 Å². The van der Waals surface area contributed by atoms with Crippen LogP contribution >= 0.6 is 0 Å². The summed E-state index contributed by atoms with van der Waals surface area (Å²) >= 11 is 0. The lowest BCUT2D eigenvalue weighted by Crippen LogP contribution is -2.41. The van der Waals surface area contributed by atoms with E-state index in [0.29, 0.717) is 0 Å². The van der Waals surface area contributed by atoms with Crippen molar-refractivity contribution in [2.75, 3.05) is 46.4 Å². The molecular formula is C18H34N2O2. The van der Waals surface area contributed by atoms with Gasteiger partial charge in [-0.05, 0) is 70.0 Å². The quantitative estimate of drug-likeness (QED) is 0.707. The van der Waals surface area contributed by atoms with E-state index in [2.05, 4.69) is 25.8 Å². The van der Waals surface area contributed by atoms with Gasteiger partial charge in [0.2, 0.25) is 5.91 Å². The summed E-state index contributed by atoms with van der Waals surface area (Å²) < 4.78 is 5.65. The molecule has 2 fully saturated rings. The SMILES string of the molecule is CC(C)C1CCN(C(=O)COCCC2CCN(C)CC2)CC1. The second-order valence-corrected chi connectivity index (χ2v) is 7.55. The van der Waals surface area contributed by atoms with E-state index in [1.54, 1.807) is 0 Å². The van der Waals surface area contributed by atoms with E-state index in [1.165, 1.54) is 25.9 Å². The first-order valence-corrected chi connectivity index (χ1v) is 9.10. The molecule has 0 bridgehead atoms. The maximum Gasteiger partial charge on any atom is 0.248 e. The third kappa shape index (κ3) is 5.54. The molecule has 0 spiro atoms. The van der Waals surface area contributed by atoms with Gasteiger partial charge in [-0.2, -0.15) is 0 Å². The Bertz CT molecular complexity index is 330. The highest BCUT2D eigenvalue weighted by Crippen LogP contribution is 2.24. The van der Waals surface area contributed by atoms with Gasteiger partial charge in [0, 0.05) is 19.7 Å². The molecule has 0 N–H and O–H groups in total. The third-order valence-corrected chi connectivity index (χ3v) is 5.57. The molecule has 1 amide bonds. The first-order chi connectivity index (χ1) is 10.6. The molecule has 22 heavy (non-hydrogen) atoms. The number of rotatable bonds is 6. The highest BCUT2D eigenvalue weighted by Gasteiger charge is 2.24. The van der Waals surface area contributed by atoms with Gasteiger partial charge in [-0.1, -0.05) is 13.8 Å². The van der Waals surface area contributed by atoms with Crippen LogP contribution in [0.2, 0.25) is 0 Å². The minimum atomic E-state index is 0.186. The first-order valence-electron chi connectivity index (χ1n) is 9.10. The Hall–Kier alpha value is -0.610. The van der Waals surface area contributed by atoms with Crippen molar-refractivity contribution in [3.8, 4) is 0 Å². The monoisotopic (exact) mass is 310 g/mol. The maximum atomic E-state index is 12.2. The fraction of sp³-hybridized carbons (Fsp3) is 0.944. The van der Waals surface area contributed by atoms with Crippen molar-refractivity contribution >= 4 is 5.91 Å². The van der Waals surface area contributed by atoms with Gasteiger partial charge in [0.05, 0.1) is 0 Å². The van der Waals surface area contributed by atoms with Crippen LogP contribution in [0.3, 0.4) is 0 Å². The lowest BCUT2D eigenvalue weighted by Gasteiger charge is -2.34. The van der Waals surface area contributed by atoms with Crippen molar-refractivity contribution in [1.29, 1.82) is 0 Å². The van der Waals surface area contributed by atoms with Crippen molar-refractivity contribution in [3.05, 3.63) is 0 Å². The average Bonchev–Trinajstić information content (AvgIpc) is 2.53. The number of likely N-dealkylation sites (tertiary alicyclic amines) is 2. The van der Waals surface area contributed by atoms with Gasteiger partial charge in [-0.3, -0.25) is 4.79 Å². The fourth-order valence-corrected chi connectivity index (χ4v) is 3.67. The molecule has 2 heterocycles. The number of hydrogen-bond acceptors (Lipinski definition) is 3. The van der Waals surface area contributed by atoms with Crippen LogP contribution in [0.1, 0.15) is 46.0 Å². The van der Waals surface area contributed by atoms with Gasteiger partial charge in [-0.15, -0.1) is 0 Å². The number of hydrogen-bond donors (Lipinski definition) is 0. The Morgan fingerprint density at radius 3 is 2.32 bits per heavy atom. The molecule has 4 nitrogen and oxygen atoms in total. The van der Waals surface area contributed by atoms with Gasteiger partial charge in [-0.25, -0.2) is 0 Å². The molecule has 4 heteroatoms. The number of piperidine rings is 2. The van der Waals surface area contributed by atoms with Crippen molar-refractivity contribution in [2.24, 2.45) is 17.8 Å². The zero-order chi connectivity index (χ0) is 15.9. The molecule has 0 radical (unpaired) electrons. The summed E-state index contributed by atoms with van der Waals surface area (Å²) in [6.45, 7) is 9.83. The van der Waals surface area contributed by atoms with Crippen molar-refractivity contribution in [3.63, 3.8) is 0 Å². The first kappa shape index (κ1) is 17.7. The molecule has 2 aliphatic heterocycles. The van der Waals surface area contributed by atoms with E-state index in [-0.39, 0.29) is 12.5 Å². The molecule has 2 aliphatic rings. The molecule has 0 aromatic heterocycles. The van der Waals surface area contributed by atoms with Gasteiger partial charge in [0.25, 0.3) is 0 Å². The van der Waals surface area contributed by atoms with E-state index in [1.807, 2.05) is 4.90 Å². The molecule has 2 rings (SSSR count). The second-order valence-electron chi connectivity index (χ2n) is 7.55. The van der Waals surface area contributed by atoms with Crippen LogP contribution in [0.5, 0.6) is 0 Å². The summed E-state index contributed by atoms with van der Waals surface area (Å²) in [7, 11) is 2.19. The molecule has 128 valence electrons. The number of nitrogens with zero attached hydrogens (tertiary/aromatic N) is 2. The van der Waals surface area contributed by atoms with Crippen LogP contribution in [-0.2, 0) is 9.53 Å². The second kappa shape index (κ2) is 8.88.